The van der Waals surface area contributed by atoms with Crippen LogP contribution in [0.25, 0.3) is 66.1 Å². The fourth-order valence-electron chi connectivity index (χ4n) is 11.5. The van der Waals surface area contributed by atoms with Crippen molar-refractivity contribution in [3.63, 3.8) is 0 Å². The Morgan fingerprint density at radius 1 is 0.329 bits per heavy atom. The van der Waals surface area contributed by atoms with Crippen LogP contribution in [0.2, 0.25) is 0 Å². The molecule has 2 nitrogen and oxygen atoms in total. The average Bonchev–Trinajstić information content (AvgIpc) is 2.05. The van der Waals surface area contributed by atoms with Crippen LogP contribution in [-0.4, -0.2) is 17.2 Å². The number of para-hydroxylation sites is 2. The first kappa shape index (κ1) is 29.2. The van der Waals surface area contributed by atoms with E-state index in [-0.39, 0.29) is 55.3 Å². The molecule has 0 saturated heterocycles. The van der Waals surface area contributed by atoms with Gasteiger partial charge in [-0.1, -0.05) is 224 Å². The van der Waals surface area contributed by atoms with Gasteiger partial charge < -0.3 is 9.13 Å². The fraction of sp³-hybridized carbons (Fsp3) is 0.0149. The maximum absolute atomic E-state index is 10.5. The Kier molecular flexibility index (Phi) is 6.64. The van der Waals surface area contributed by atoms with Crippen molar-refractivity contribution >= 4 is 72.4 Å². The highest BCUT2D eigenvalue weighted by atomic mass is 28.3. The summed E-state index contributed by atoms with van der Waals surface area (Å²) in [5, 5.41) is 4.02. The van der Waals surface area contributed by atoms with Crippen LogP contribution in [0.3, 0.4) is 0 Å². The summed E-state index contributed by atoms with van der Waals surface area (Å²) in [7, 11) is -3.24. The van der Waals surface area contributed by atoms with E-state index < -0.39 is 86.0 Å². The van der Waals surface area contributed by atoms with Crippen molar-refractivity contribution < 1.29 is 17.8 Å². The van der Waals surface area contributed by atoms with E-state index in [2.05, 4.69) is 42.5 Å². The molecule has 2 aromatic heterocycles. The molecule has 0 N–H and O–H groups in total. The Labute approximate surface area is 426 Å². The zero-order chi connectivity index (χ0) is 57.5. The molecule has 14 rings (SSSR count). The van der Waals surface area contributed by atoms with E-state index in [9.17, 15) is 12.3 Å². The van der Waals surface area contributed by atoms with Crippen LogP contribution in [0.15, 0.2) is 279 Å². The minimum Gasteiger partial charge on any atom is -0.309 e. The maximum Gasteiger partial charge on any atom is 0.179 e. The summed E-state index contributed by atoms with van der Waals surface area (Å²) in [4.78, 5) is 0. The van der Waals surface area contributed by atoms with Crippen LogP contribution < -0.4 is 20.7 Å². The van der Waals surface area contributed by atoms with Crippen LogP contribution in [-0.2, 0) is 5.41 Å². The van der Waals surface area contributed by atoms with Crippen molar-refractivity contribution in [2.75, 3.05) is 0 Å². The lowest BCUT2D eigenvalue weighted by molar-refractivity contribution is 0.770. The molecule has 0 bridgehead atoms. The summed E-state index contributed by atoms with van der Waals surface area (Å²) in [6.45, 7) is 0. The highest BCUT2D eigenvalue weighted by Crippen LogP contribution is 2.56. The molecule has 0 fully saturated rings. The van der Waals surface area contributed by atoms with Gasteiger partial charge in [-0.15, -0.1) is 0 Å². The summed E-state index contributed by atoms with van der Waals surface area (Å²) in [5.41, 5.74) is 3.10. The van der Waals surface area contributed by atoms with Crippen molar-refractivity contribution in [2.45, 2.75) is 5.41 Å². The number of fused-ring (bicyclic) bond motifs is 9. The second kappa shape index (κ2) is 15.9. The number of benzene rings is 11. The number of rotatable bonds is 8. The first-order chi connectivity index (χ1) is 40.2. The number of hydrogen-bond acceptors (Lipinski definition) is 0. The molecule has 13 aromatic rings. The summed E-state index contributed by atoms with van der Waals surface area (Å²) in [6, 6.07) is 59.1. The lowest BCUT2D eigenvalue weighted by atomic mass is 9.67. The molecule has 0 saturated carbocycles. The van der Waals surface area contributed by atoms with Gasteiger partial charge in [-0.3, -0.25) is 0 Å². The third-order valence-corrected chi connectivity index (χ3v) is 19.1. The molecule has 0 radical (unpaired) electrons. The second-order valence-electron chi connectivity index (χ2n) is 17.7. The first-order valence-electron chi connectivity index (χ1n) is 29.8. The molecule has 0 aliphatic heterocycles. The quantitative estimate of drug-likeness (QED) is 0.106. The molecule has 328 valence electrons. The minimum absolute atomic E-state index is 0.0296. The Balaban J connectivity index is 1.11. The van der Waals surface area contributed by atoms with Gasteiger partial charge in [0.1, 0.15) is 0 Å². The van der Waals surface area contributed by atoms with Crippen molar-refractivity contribution in [3.8, 4) is 22.5 Å². The van der Waals surface area contributed by atoms with Gasteiger partial charge in [0.15, 0.2) is 8.07 Å². The molecule has 3 heteroatoms. The molecule has 0 atom stereocenters. The molecule has 0 amide bonds. The summed E-state index contributed by atoms with van der Waals surface area (Å²) in [5.74, 6) is 0. The van der Waals surface area contributed by atoms with Gasteiger partial charge in [0.05, 0.1) is 45.3 Å². The molecular weight excluding hydrogens is 861 g/mol. The van der Waals surface area contributed by atoms with E-state index in [1.54, 1.807) is 16.7 Å². The largest absolute Gasteiger partial charge is 0.309 e. The van der Waals surface area contributed by atoms with Crippen LogP contribution in [0.4, 0.5) is 0 Å². The van der Waals surface area contributed by atoms with Gasteiger partial charge in [0.2, 0.25) is 0 Å². The monoisotopic (exact) mass is 919 g/mol. The topological polar surface area (TPSA) is 9.86 Å². The average molecular weight is 920 g/mol. The Morgan fingerprint density at radius 2 is 0.786 bits per heavy atom. The molecular formula is C67H46N2Si. The number of aromatic nitrogens is 2. The summed E-state index contributed by atoms with van der Waals surface area (Å²) >= 11 is 0. The lowest BCUT2D eigenvalue weighted by Gasteiger charge is -2.34. The molecule has 1 aliphatic rings. The zero-order valence-electron chi connectivity index (χ0n) is 50.4. The highest BCUT2D eigenvalue weighted by molar-refractivity contribution is 7.19. The number of hydrogen-bond donors (Lipinski definition) is 0. The first-order valence-corrected chi connectivity index (χ1v) is 25.3. The summed E-state index contributed by atoms with van der Waals surface area (Å²) < 4.78 is 129. The SMILES string of the molecule is [2H]c1c([2H])c([2H])c2c(c1[2H])c1cc(C3(c4ccccc4)c4ccccc4-c4ccccc43)c([2H])c([2H])c1n2-c1c([2H])c([2H])c2c(c1[2H])c1c([2H])c([2H])c([2H])c([2H])c1n2-c1cccc([Si](c2ccccc2)(c2ccccc2)c2ccccc2)c1. The predicted molar refractivity (Wildman–Crippen MR) is 296 cm³/mol. The normalized spacial score (nSPS) is 15.6. The third kappa shape index (κ3) is 5.73. The predicted octanol–water partition coefficient (Wildman–Crippen LogP) is 13.6. The lowest BCUT2D eigenvalue weighted by Crippen LogP contribution is -2.74. The van der Waals surface area contributed by atoms with E-state index in [0.717, 1.165) is 48.6 Å². The maximum atomic E-state index is 10.5. The van der Waals surface area contributed by atoms with Gasteiger partial charge in [0, 0.05) is 32.9 Å². The van der Waals surface area contributed by atoms with Gasteiger partial charge in [-0.2, -0.15) is 0 Å². The molecule has 2 heterocycles. The smallest absolute Gasteiger partial charge is 0.179 e. The third-order valence-electron chi connectivity index (χ3n) is 14.3. The molecule has 0 unspecified atom stereocenters. The van der Waals surface area contributed by atoms with E-state index in [1.807, 2.05) is 146 Å². The van der Waals surface area contributed by atoms with Crippen LogP contribution >= 0.6 is 0 Å². The van der Waals surface area contributed by atoms with E-state index >= 15 is 0 Å². The molecule has 1 aliphatic carbocycles. The Bertz CT molecular complexity index is 4750. The zero-order valence-corrected chi connectivity index (χ0v) is 38.4. The van der Waals surface area contributed by atoms with E-state index in [0.29, 0.717) is 11.3 Å². The fourth-order valence-corrected chi connectivity index (χ4v) is 16.3. The van der Waals surface area contributed by atoms with Crippen molar-refractivity contribution in [2.24, 2.45) is 0 Å². The van der Waals surface area contributed by atoms with Crippen molar-refractivity contribution in [1.29, 1.82) is 0 Å². The van der Waals surface area contributed by atoms with Crippen LogP contribution in [0.5, 0.6) is 0 Å². The Morgan fingerprint density at radius 3 is 1.39 bits per heavy atom. The van der Waals surface area contributed by atoms with Gasteiger partial charge in [-0.05, 0) is 109 Å². The van der Waals surface area contributed by atoms with Gasteiger partial charge in [0.25, 0.3) is 0 Å². The van der Waals surface area contributed by atoms with E-state index in [4.69, 9.17) is 5.48 Å². The van der Waals surface area contributed by atoms with Gasteiger partial charge in [-0.25, -0.2) is 0 Å². The molecule has 70 heavy (non-hydrogen) atoms. The van der Waals surface area contributed by atoms with Crippen LogP contribution in [0, 0.1) is 0 Å². The highest BCUT2D eigenvalue weighted by Gasteiger charge is 2.46. The molecule has 0 spiro atoms. The standard InChI is InChI=1S/C67H46N2Si/c1-5-22-47(23-6-1)67(61-36-17-13-32-55(61)56-33-14-18-37-62(56)67)48-40-42-65-59(44-48)57-34-15-19-38-63(57)69(65)50-41-43-66-60(46-50)58-35-16-20-39-64(58)68(66)49-24-21-31-54(45-49)70(51-25-7-2-8-26-51,52-27-9-3-10-28-52)53-29-11-4-12-30-53/h1-46H/i15D,16D,19D,20D,34D,35D,38D,39D,40D,41D,42D,43D,46D. The second-order valence-corrected chi connectivity index (χ2v) is 21.6. The molecule has 11 aromatic carbocycles. The number of nitrogens with zero attached hydrogens (tertiary/aromatic N) is 2. The minimum atomic E-state index is -3.24. The Hall–Kier alpha value is -8.76. The van der Waals surface area contributed by atoms with Crippen LogP contribution in [0.1, 0.15) is 40.1 Å². The summed E-state index contributed by atoms with van der Waals surface area (Å²) in [6.07, 6.45) is 0. The van der Waals surface area contributed by atoms with Crippen molar-refractivity contribution in [3.05, 3.63) is 301 Å². The van der Waals surface area contributed by atoms with Gasteiger partial charge >= 0.3 is 0 Å². The van der Waals surface area contributed by atoms with E-state index in [1.165, 1.54) is 4.57 Å². The van der Waals surface area contributed by atoms with Crippen molar-refractivity contribution in [1.82, 2.24) is 9.13 Å².